The Morgan fingerprint density at radius 3 is 2.50 bits per heavy atom. The predicted molar refractivity (Wildman–Crippen MR) is 86.4 cm³/mol. The Bertz CT molecular complexity index is 993. The van der Waals surface area contributed by atoms with E-state index in [-0.39, 0.29) is 0 Å². The van der Waals surface area contributed by atoms with E-state index in [0.717, 1.165) is 0 Å². The Morgan fingerprint density at radius 1 is 0.600 bits per heavy atom. The van der Waals surface area contributed by atoms with Gasteiger partial charge < -0.3 is 0 Å². The minimum absolute atomic E-state index is 1.19. The van der Waals surface area contributed by atoms with Gasteiger partial charge in [-0.3, -0.25) is 0 Å². The Kier molecular flexibility index (Phi) is 1.88. The van der Waals surface area contributed by atoms with E-state index < -0.39 is 0 Å². The molecular weight excluding hydrogens is 240 g/mol. The van der Waals surface area contributed by atoms with Gasteiger partial charge in [-0.25, -0.2) is 0 Å². The molecule has 0 heterocycles. The first-order valence-corrected chi connectivity index (χ1v) is 7.27. The number of rotatable bonds is 0. The summed E-state index contributed by atoms with van der Waals surface area (Å²) in [6.45, 7) is 0. The first-order chi connectivity index (χ1) is 9.92. The topological polar surface area (TPSA) is 0 Å². The standard InChI is InChI=1S/C20H14/c1-2-7-16-13(4-1)8-10-17-18-11-9-14-5-3-6-15(20(14)18)12-19(16)17/h1-8,10,12H,9,11H2. The van der Waals surface area contributed by atoms with Crippen molar-refractivity contribution in [2.24, 2.45) is 0 Å². The van der Waals surface area contributed by atoms with Crippen LogP contribution >= 0.6 is 0 Å². The quantitative estimate of drug-likeness (QED) is 0.297. The molecule has 0 spiro atoms. The molecule has 0 radical (unpaired) electrons. The Labute approximate surface area is 117 Å². The maximum absolute atomic E-state index is 2.38. The van der Waals surface area contributed by atoms with Crippen LogP contribution in [0.2, 0.25) is 0 Å². The monoisotopic (exact) mass is 254 g/mol. The molecule has 0 unspecified atom stereocenters. The van der Waals surface area contributed by atoms with E-state index in [9.17, 15) is 0 Å². The van der Waals surface area contributed by atoms with E-state index in [2.05, 4.69) is 60.7 Å². The van der Waals surface area contributed by atoms with Gasteiger partial charge in [-0.2, -0.15) is 0 Å². The molecule has 0 saturated carbocycles. The SMILES string of the molecule is c1cc2c3c(c4ccc5ccccc5c4cc3c1)CC2. The summed E-state index contributed by atoms with van der Waals surface area (Å²) in [7, 11) is 0. The highest BCUT2D eigenvalue weighted by atomic mass is 14.2. The van der Waals surface area contributed by atoms with Gasteiger partial charge in [0.05, 0.1) is 0 Å². The molecule has 0 aliphatic heterocycles. The molecule has 0 saturated heterocycles. The molecule has 0 nitrogen and oxygen atoms in total. The lowest BCUT2D eigenvalue weighted by Crippen LogP contribution is -1.85. The van der Waals surface area contributed by atoms with Crippen LogP contribution in [-0.4, -0.2) is 0 Å². The van der Waals surface area contributed by atoms with E-state index in [1.54, 1.807) is 5.56 Å². The molecule has 4 aromatic carbocycles. The van der Waals surface area contributed by atoms with Gasteiger partial charge in [0.15, 0.2) is 0 Å². The first-order valence-electron chi connectivity index (χ1n) is 7.27. The van der Waals surface area contributed by atoms with E-state index in [1.165, 1.54) is 50.7 Å². The van der Waals surface area contributed by atoms with Crippen molar-refractivity contribution in [1.29, 1.82) is 0 Å². The molecule has 1 aliphatic carbocycles. The zero-order valence-electron chi connectivity index (χ0n) is 11.2. The number of hydrogen-bond acceptors (Lipinski definition) is 0. The van der Waals surface area contributed by atoms with Crippen LogP contribution in [0, 0.1) is 0 Å². The maximum atomic E-state index is 2.38. The van der Waals surface area contributed by atoms with Crippen LogP contribution < -0.4 is 0 Å². The lowest BCUT2D eigenvalue weighted by Gasteiger charge is -2.10. The van der Waals surface area contributed by atoms with Gasteiger partial charge in [-0.05, 0) is 62.4 Å². The largest absolute Gasteiger partial charge is 0.0616 e. The van der Waals surface area contributed by atoms with E-state index in [0.29, 0.717) is 0 Å². The molecule has 20 heavy (non-hydrogen) atoms. The molecule has 5 rings (SSSR count). The molecule has 0 amide bonds. The van der Waals surface area contributed by atoms with Crippen molar-refractivity contribution in [3.63, 3.8) is 0 Å². The summed E-state index contributed by atoms with van der Waals surface area (Å²) in [6, 6.07) is 22.4. The number of benzene rings is 4. The van der Waals surface area contributed by atoms with Gasteiger partial charge in [0.2, 0.25) is 0 Å². The highest BCUT2D eigenvalue weighted by Crippen LogP contribution is 2.38. The van der Waals surface area contributed by atoms with Gasteiger partial charge in [0.1, 0.15) is 0 Å². The van der Waals surface area contributed by atoms with Gasteiger partial charge in [0.25, 0.3) is 0 Å². The molecule has 0 fully saturated rings. The van der Waals surface area contributed by atoms with Crippen LogP contribution in [0.3, 0.4) is 0 Å². The molecule has 0 bridgehead atoms. The number of aryl methyl sites for hydroxylation is 2. The molecule has 0 aromatic heterocycles. The van der Waals surface area contributed by atoms with Gasteiger partial charge >= 0.3 is 0 Å². The predicted octanol–water partition coefficient (Wildman–Crippen LogP) is 5.24. The summed E-state index contributed by atoms with van der Waals surface area (Å²) >= 11 is 0. The lowest BCUT2D eigenvalue weighted by molar-refractivity contribution is 1.03. The highest BCUT2D eigenvalue weighted by Gasteiger charge is 2.17. The normalized spacial score (nSPS) is 13.6. The first kappa shape index (κ1) is 10.4. The average molecular weight is 254 g/mol. The van der Waals surface area contributed by atoms with Gasteiger partial charge in [-0.1, -0.05) is 54.6 Å². The van der Waals surface area contributed by atoms with Crippen molar-refractivity contribution in [3.05, 3.63) is 71.8 Å². The molecule has 0 heteroatoms. The number of hydrogen-bond donors (Lipinski definition) is 0. The average Bonchev–Trinajstić information content (AvgIpc) is 2.93. The summed E-state index contributed by atoms with van der Waals surface area (Å²) < 4.78 is 0. The Morgan fingerprint density at radius 2 is 1.50 bits per heavy atom. The summed E-state index contributed by atoms with van der Waals surface area (Å²) in [4.78, 5) is 0. The second-order valence-electron chi connectivity index (χ2n) is 5.75. The molecule has 4 aromatic rings. The van der Waals surface area contributed by atoms with Crippen molar-refractivity contribution in [2.75, 3.05) is 0 Å². The fourth-order valence-corrected chi connectivity index (χ4v) is 3.84. The second kappa shape index (κ2) is 3.61. The summed E-state index contributed by atoms with van der Waals surface area (Å²) in [5, 5.41) is 8.47. The molecule has 1 aliphatic rings. The smallest absolute Gasteiger partial charge is 0.00962 e. The second-order valence-corrected chi connectivity index (χ2v) is 5.75. The van der Waals surface area contributed by atoms with Crippen LogP contribution in [0.4, 0.5) is 0 Å². The van der Waals surface area contributed by atoms with Crippen molar-refractivity contribution >= 4 is 32.3 Å². The van der Waals surface area contributed by atoms with Crippen molar-refractivity contribution in [1.82, 2.24) is 0 Å². The van der Waals surface area contributed by atoms with Crippen molar-refractivity contribution in [2.45, 2.75) is 12.8 Å². The summed E-state index contributed by atoms with van der Waals surface area (Å²) in [6.07, 6.45) is 2.38. The Hall–Kier alpha value is -2.34. The molecule has 0 atom stereocenters. The third-order valence-electron chi connectivity index (χ3n) is 4.72. The highest BCUT2D eigenvalue weighted by molar-refractivity contribution is 6.15. The van der Waals surface area contributed by atoms with Crippen LogP contribution in [0.1, 0.15) is 11.1 Å². The van der Waals surface area contributed by atoms with Crippen molar-refractivity contribution < 1.29 is 0 Å². The zero-order valence-corrected chi connectivity index (χ0v) is 11.2. The van der Waals surface area contributed by atoms with Crippen LogP contribution in [0.15, 0.2) is 60.7 Å². The number of fused-ring (bicyclic) bond motifs is 4. The van der Waals surface area contributed by atoms with Crippen molar-refractivity contribution in [3.8, 4) is 0 Å². The maximum Gasteiger partial charge on any atom is -0.00962 e. The summed E-state index contributed by atoms with van der Waals surface area (Å²) in [5.74, 6) is 0. The zero-order chi connectivity index (χ0) is 13.1. The van der Waals surface area contributed by atoms with Crippen LogP contribution in [0.5, 0.6) is 0 Å². The fourth-order valence-electron chi connectivity index (χ4n) is 3.84. The lowest BCUT2D eigenvalue weighted by atomic mass is 9.94. The minimum atomic E-state index is 1.19. The van der Waals surface area contributed by atoms with Crippen LogP contribution in [0.25, 0.3) is 32.3 Å². The van der Waals surface area contributed by atoms with Gasteiger partial charge in [-0.15, -0.1) is 0 Å². The Balaban J connectivity index is 2.10. The molecule has 94 valence electrons. The third-order valence-corrected chi connectivity index (χ3v) is 4.72. The third kappa shape index (κ3) is 1.21. The van der Waals surface area contributed by atoms with Gasteiger partial charge in [0, 0.05) is 0 Å². The van der Waals surface area contributed by atoms with E-state index in [4.69, 9.17) is 0 Å². The fraction of sp³-hybridized carbons (Fsp3) is 0.100. The molecular formula is C20H14. The van der Waals surface area contributed by atoms with E-state index in [1.807, 2.05) is 0 Å². The summed E-state index contributed by atoms with van der Waals surface area (Å²) in [5.41, 5.74) is 3.08. The van der Waals surface area contributed by atoms with Crippen LogP contribution in [-0.2, 0) is 12.8 Å². The van der Waals surface area contributed by atoms with E-state index >= 15 is 0 Å². The minimum Gasteiger partial charge on any atom is -0.0616 e. The molecule has 0 N–H and O–H groups in total.